The van der Waals surface area contributed by atoms with Crippen LogP contribution in [0.4, 0.5) is 30.7 Å². The van der Waals surface area contributed by atoms with Gasteiger partial charge in [0.15, 0.2) is 0 Å². The molecule has 0 aliphatic carbocycles. The Labute approximate surface area is 96.8 Å². The van der Waals surface area contributed by atoms with Gasteiger partial charge in [0.25, 0.3) is 0 Å². The van der Waals surface area contributed by atoms with Crippen LogP contribution in [0.15, 0.2) is 0 Å². The van der Waals surface area contributed by atoms with E-state index in [9.17, 15) is 30.7 Å². The number of hydrogen-bond donors (Lipinski definition) is 0. The van der Waals surface area contributed by atoms with E-state index in [0.29, 0.717) is 14.0 Å². The average molecular weight is 286 g/mol. The lowest BCUT2D eigenvalue weighted by Gasteiger charge is -2.38. The summed E-state index contributed by atoms with van der Waals surface area (Å²) >= 11 is 0. The average Bonchev–Trinajstić information content (AvgIpc) is 2.32. The summed E-state index contributed by atoms with van der Waals surface area (Å²) in [6.07, 6.45) is -4.83. The van der Waals surface area contributed by atoms with Gasteiger partial charge in [-0.15, -0.1) is 8.78 Å². The summed E-state index contributed by atoms with van der Waals surface area (Å²) < 4.78 is 102. The smallest absolute Gasteiger partial charge is 0.348 e. The molecule has 0 radical (unpaired) electrons. The molecule has 0 saturated carbocycles. The lowest BCUT2D eigenvalue weighted by molar-refractivity contribution is -0.408. The maximum atomic E-state index is 13.9. The van der Waals surface area contributed by atoms with Crippen molar-refractivity contribution in [3.63, 3.8) is 0 Å². The number of alkyl halides is 7. The minimum Gasteiger partial charge on any atom is -0.348 e. The van der Waals surface area contributed by atoms with E-state index in [1.54, 1.807) is 0 Å². The molecule has 0 spiro atoms. The molecular weight excluding hydrogens is 277 g/mol. The molecule has 0 aromatic heterocycles. The molecule has 0 bridgehead atoms. The van der Waals surface area contributed by atoms with Crippen LogP contribution in [0.25, 0.3) is 0 Å². The molecule has 1 heterocycles. The number of hydrogen-bond acceptors (Lipinski definition) is 3. The van der Waals surface area contributed by atoms with Gasteiger partial charge in [-0.2, -0.15) is 22.0 Å². The maximum Gasteiger partial charge on any atom is 0.491 e. The monoisotopic (exact) mass is 286 g/mol. The zero-order chi connectivity index (χ0) is 14.6. The van der Waals surface area contributed by atoms with Gasteiger partial charge in [-0.3, -0.25) is 4.74 Å². The van der Waals surface area contributed by atoms with Crippen LogP contribution in [0.5, 0.6) is 0 Å². The van der Waals surface area contributed by atoms with Crippen LogP contribution in [0, 0.1) is 0 Å². The van der Waals surface area contributed by atoms with Crippen molar-refractivity contribution in [2.45, 2.75) is 43.6 Å². The van der Waals surface area contributed by atoms with Gasteiger partial charge in [0.1, 0.15) is 0 Å². The Morgan fingerprint density at radius 2 is 1.44 bits per heavy atom. The minimum atomic E-state index is -5.61. The molecule has 1 fully saturated rings. The van der Waals surface area contributed by atoms with Crippen molar-refractivity contribution in [3.05, 3.63) is 0 Å². The first-order valence-electron chi connectivity index (χ1n) is 4.50. The molecule has 18 heavy (non-hydrogen) atoms. The molecule has 0 aromatic carbocycles. The standard InChI is InChI=1S/C8H9F7O3/c1-4(9,10)6(11,12)7(13)5(2,16-3)17-8(14,15)18-7/h1-3H3. The van der Waals surface area contributed by atoms with E-state index < -0.39 is 29.8 Å². The number of rotatable bonds is 3. The van der Waals surface area contributed by atoms with Crippen molar-refractivity contribution in [2.75, 3.05) is 7.11 Å². The van der Waals surface area contributed by atoms with Gasteiger partial charge in [-0.1, -0.05) is 0 Å². The molecule has 1 aliphatic heterocycles. The van der Waals surface area contributed by atoms with E-state index in [4.69, 9.17) is 0 Å². The minimum absolute atomic E-state index is 0.299. The SMILES string of the molecule is COC1(C)OC(F)(F)OC1(F)C(F)(F)C(C)(F)F. The van der Waals surface area contributed by atoms with Crippen LogP contribution in [0.1, 0.15) is 13.8 Å². The third kappa shape index (κ3) is 1.86. The second-order valence-electron chi connectivity index (χ2n) is 3.88. The molecule has 0 amide bonds. The fraction of sp³-hybridized carbons (Fsp3) is 1.00. The fourth-order valence-corrected chi connectivity index (χ4v) is 1.37. The van der Waals surface area contributed by atoms with Crippen LogP contribution in [0.3, 0.4) is 0 Å². The van der Waals surface area contributed by atoms with Gasteiger partial charge >= 0.3 is 24.0 Å². The zero-order valence-corrected chi connectivity index (χ0v) is 9.37. The maximum absolute atomic E-state index is 13.9. The fourth-order valence-electron chi connectivity index (χ4n) is 1.37. The molecule has 1 aliphatic rings. The Balaban J connectivity index is 3.35. The highest BCUT2D eigenvalue weighted by molar-refractivity contribution is 5.05. The molecule has 3 nitrogen and oxygen atoms in total. The van der Waals surface area contributed by atoms with Gasteiger partial charge in [0.2, 0.25) is 5.79 Å². The largest absolute Gasteiger partial charge is 0.491 e. The molecule has 1 rings (SSSR count). The van der Waals surface area contributed by atoms with Crippen LogP contribution >= 0.6 is 0 Å². The Morgan fingerprint density at radius 1 is 1.00 bits per heavy atom. The highest BCUT2D eigenvalue weighted by Crippen LogP contribution is 2.58. The van der Waals surface area contributed by atoms with E-state index in [1.807, 2.05) is 0 Å². The molecule has 108 valence electrons. The van der Waals surface area contributed by atoms with Crippen molar-refractivity contribution >= 4 is 0 Å². The van der Waals surface area contributed by atoms with Gasteiger partial charge < -0.3 is 4.74 Å². The topological polar surface area (TPSA) is 27.7 Å². The lowest BCUT2D eigenvalue weighted by Crippen LogP contribution is -2.65. The van der Waals surface area contributed by atoms with Crippen molar-refractivity contribution in [3.8, 4) is 0 Å². The third-order valence-electron chi connectivity index (χ3n) is 2.50. The molecular formula is C8H9F7O3. The first kappa shape index (κ1) is 15.4. The quantitative estimate of drug-likeness (QED) is 0.747. The van der Waals surface area contributed by atoms with E-state index in [2.05, 4.69) is 14.2 Å². The predicted octanol–water partition coefficient (Wildman–Crippen LogP) is 2.90. The molecule has 1 saturated heterocycles. The Bertz CT molecular complexity index is 342. The number of methoxy groups -OCH3 is 1. The molecule has 2 atom stereocenters. The molecule has 0 N–H and O–H groups in total. The molecule has 2 unspecified atom stereocenters. The van der Waals surface area contributed by atoms with Gasteiger partial charge in [0, 0.05) is 14.0 Å². The highest BCUT2D eigenvalue weighted by atomic mass is 19.3. The van der Waals surface area contributed by atoms with E-state index in [-0.39, 0.29) is 6.92 Å². The normalized spacial score (nSPS) is 37.0. The van der Waals surface area contributed by atoms with Gasteiger partial charge in [-0.05, 0) is 6.92 Å². The Morgan fingerprint density at radius 3 is 1.78 bits per heavy atom. The first-order chi connectivity index (χ1) is 7.72. The zero-order valence-electron chi connectivity index (χ0n) is 9.37. The summed E-state index contributed by atoms with van der Waals surface area (Å²) in [6, 6.07) is 0. The summed E-state index contributed by atoms with van der Waals surface area (Å²) in [5.74, 6) is -18.9. The molecule has 10 heteroatoms. The van der Waals surface area contributed by atoms with E-state index in [0.717, 1.165) is 0 Å². The van der Waals surface area contributed by atoms with Crippen molar-refractivity contribution in [1.82, 2.24) is 0 Å². The summed E-state index contributed by atoms with van der Waals surface area (Å²) in [6.45, 7) is -0.0439. The summed E-state index contributed by atoms with van der Waals surface area (Å²) in [7, 11) is 0.531. The first-order valence-corrected chi connectivity index (χ1v) is 4.50. The summed E-state index contributed by atoms with van der Waals surface area (Å²) in [5.41, 5.74) is 0. The predicted molar refractivity (Wildman–Crippen MR) is 41.9 cm³/mol. The van der Waals surface area contributed by atoms with Crippen molar-refractivity contribution in [1.29, 1.82) is 0 Å². The summed E-state index contributed by atoms with van der Waals surface area (Å²) in [5, 5.41) is 0. The lowest BCUT2D eigenvalue weighted by atomic mass is 9.97. The van der Waals surface area contributed by atoms with Crippen LogP contribution in [-0.4, -0.2) is 36.9 Å². The second kappa shape index (κ2) is 3.70. The third-order valence-corrected chi connectivity index (χ3v) is 2.50. The second-order valence-corrected chi connectivity index (χ2v) is 3.88. The van der Waals surface area contributed by atoms with Crippen LogP contribution in [0.2, 0.25) is 0 Å². The van der Waals surface area contributed by atoms with Gasteiger partial charge in [0.05, 0.1) is 0 Å². The number of halogens is 7. The van der Waals surface area contributed by atoms with Gasteiger partial charge in [-0.25, -0.2) is 4.74 Å². The van der Waals surface area contributed by atoms with Crippen molar-refractivity contribution < 1.29 is 44.9 Å². The Kier molecular flexibility index (Phi) is 3.18. The van der Waals surface area contributed by atoms with E-state index >= 15 is 0 Å². The highest BCUT2D eigenvalue weighted by Gasteiger charge is 2.84. The van der Waals surface area contributed by atoms with Crippen LogP contribution < -0.4 is 0 Å². The van der Waals surface area contributed by atoms with Crippen molar-refractivity contribution in [2.24, 2.45) is 0 Å². The van der Waals surface area contributed by atoms with E-state index in [1.165, 1.54) is 0 Å². The Hall–Kier alpha value is -0.610. The van der Waals surface area contributed by atoms with Crippen LogP contribution in [-0.2, 0) is 14.2 Å². The summed E-state index contributed by atoms with van der Waals surface area (Å²) in [4.78, 5) is 0. The molecule has 0 aromatic rings. The number of ether oxygens (including phenoxy) is 3.